The van der Waals surface area contributed by atoms with Gasteiger partial charge in [-0.1, -0.05) is 12.1 Å². The Morgan fingerprint density at radius 3 is 2.74 bits per heavy atom. The summed E-state index contributed by atoms with van der Waals surface area (Å²) < 4.78 is 11.3. The maximum atomic E-state index is 12.6. The molecule has 3 rings (SSSR count). The number of hydrogen-bond donors (Lipinski definition) is 0. The molecule has 1 aromatic carbocycles. The van der Waals surface area contributed by atoms with Crippen molar-refractivity contribution in [3.63, 3.8) is 0 Å². The van der Waals surface area contributed by atoms with E-state index in [1.807, 2.05) is 31.2 Å². The first-order valence-electron chi connectivity index (χ1n) is 7.18. The maximum absolute atomic E-state index is 12.6. The van der Waals surface area contributed by atoms with Gasteiger partial charge in [-0.25, -0.2) is 0 Å². The van der Waals surface area contributed by atoms with Crippen molar-refractivity contribution in [2.75, 3.05) is 6.61 Å². The van der Waals surface area contributed by atoms with Crippen LogP contribution < -0.4 is 4.74 Å². The molecule has 2 saturated heterocycles. The van der Waals surface area contributed by atoms with Crippen molar-refractivity contribution in [1.29, 1.82) is 0 Å². The van der Waals surface area contributed by atoms with Gasteiger partial charge in [-0.2, -0.15) is 0 Å². The number of carbonyl (C=O) groups is 1. The Morgan fingerprint density at radius 2 is 2.05 bits per heavy atom. The second-order valence-electron chi connectivity index (χ2n) is 5.45. The molecule has 2 fully saturated rings. The van der Waals surface area contributed by atoms with Crippen LogP contribution in [0.1, 0.15) is 43.0 Å². The van der Waals surface area contributed by atoms with Crippen LogP contribution in [0.3, 0.4) is 0 Å². The zero-order valence-corrected chi connectivity index (χ0v) is 11.3. The third-order valence-electron chi connectivity index (χ3n) is 4.09. The van der Waals surface area contributed by atoms with Gasteiger partial charge in [-0.15, -0.1) is 0 Å². The summed E-state index contributed by atoms with van der Waals surface area (Å²) in [6.07, 6.45) is 4.62. The Kier molecular flexibility index (Phi) is 3.56. The summed E-state index contributed by atoms with van der Waals surface area (Å²) >= 11 is 0. The number of rotatable bonds is 4. The molecule has 3 heteroatoms. The van der Waals surface area contributed by atoms with E-state index in [0.717, 1.165) is 37.0 Å². The van der Waals surface area contributed by atoms with E-state index in [0.29, 0.717) is 18.8 Å². The highest BCUT2D eigenvalue weighted by molar-refractivity contribution is 5.98. The molecule has 0 aliphatic carbocycles. The fourth-order valence-electron chi connectivity index (χ4n) is 3.21. The first-order valence-corrected chi connectivity index (χ1v) is 7.18. The number of ketones is 1. The summed E-state index contributed by atoms with van der Waals surface area (Å²) in [7, 11) is 0. The van der Waals surface area contributed by atoms with Gasteiger partial charge in [0.2, 0.25) is 0 Å². The lowest BCUT2D eigenvalue weighted by Crippen LogP contribution is -2.30. The SMILES string of the molecule is CCOc1cccc(C(=O)C2CC3CCC(C2)O3)c1. The summed E-state index contributed by atoms with van der Waals surface area (Å²) in [4.78, 5) is 12.6. The zero-order valence-electron chi connectivity index (χ0n) is 11.3. The van der Waals surface area contributed by atoms with Crippen molar-refractivity contribution in [3.8, 4) is 5.75 Å². The molecule has 0 N–H and O–H groups in total. The van der Waals surface area contributed by atoms with E-state index < -0.39 is 0 Å². The molecule has 2 atom stereocenters. The molecule has 1 aromatic rings. The van der Waals surface area contributed by atoms with E-state index in [9.17, 15) is 4.79 Å². The van der Waals surface area contributed by atoms with Crippen LogP contribution in [0, 0.1) is 5.92 Å². The Bertz CT molecular complexity index is 457. The number of Topliss-reactive ketones (excluding diaryl/α,β-unsaturated/α-hetero) is 1. The molecule has 0 amide bonds. The molecule has 0 spiro atoms. The minimum atomic E-state index is 0.128. The van der Waals surface area contributed by atoms with E-state index in [4.69, 9.17) is 9.47 Å². The second kappa shape index (κ2) is 5.33. The molecule has 0 saturated carbocycles. The summed E-state index contributed by atoms with van der Waals surface area (Å²) in [5, 5.41) is 0. The highest BCUT2D eigenvalue weighted by Crippen LogP contribution is 2.37. The lowest BCUT2D eigenvalue weighted by Gasteiger charge is -2.27. The predicted octanol–water partition coefficient (Wildman–Crippen LogP) is 3.23. The first-order chi connectivity index (χ1) is 9.26. The topological polar surface area (TPSA) is 35.5 Å². The zero-order chi connectivity index (χ0) is 13.2. The smallest absolute Gasteiger partial charge is 0.166 e. The summed E-state index contributed by atoms with van der Waals surface area (Å²) in [6.45, 7) is 2.57. The molecule has 19 heavy (non-hydrogen) atoms. The molecule has 0 radical (unpaired) electrons. The molecule has 2 unspecified atom stereocenters. The summed E-state index contributed by atoms with van der Waals surface area (Å²) in [5.41, 5.74) is 0.775. The molecule has 2 aliphatic heterocycles. The van der Waals surface area contributed by atoms with Crippen LogP contribution in [0.4, 0.5) is 0 Å². The van der Waals surface area contributed by atoms with Gasteiger partial charge in [-0.3, -0.25) is 4.79 Å². The average molecular weight is 260 g/mol. The number of hydrogen-bond acceptors (Lipinski definition) is 3. The number of benzene rings is 1. The van der Waals surface area contributed by atoms with Crippen LogP contribution in [0.25, 0.3) is 0 Å². The van der Waals surface area contributed by atoms with Gasteiger partial charge in [0, 0.05) is 11.5 Å². The Labute approximate surface area is 113 Å². The van der Waals surface area contributed by atoms with Crippen molar-refractivity contribution in [2.24, 2.45) is 5.92 Å². The summed E-state index contributed by atoms with van der Waals surface area (Å²) in [6, 6.07) is 7.55. The highest BCUT2D eigenvalue weighted by Gasteiger charge is 2.38. The quantitative estimate of drug-likeness (QED) is 0.780. The molecule has 0 aromatic heterocycles. The molecular weight excluding hydrogens is 240 g/mol. The molecule has 102 valence electrons. The average Bonchev–Trinajstić information content (AvgIpc) is 2.77. The minimum Gasteiger partial charge on any atom is -0.494 e. The van der Waals surface area contributed by atoms with E-state index in [1.165, 1.54) is 0 Å². The van der Waals surface area contributed by atoms with Crippen LogP contribution in [0.2, 0.25) is 0 Å². The fourth-order valence-corrected chi connectivity index (χ4v) is 3.21. The number of ether oxygens (including phenoxy) is 2. The van der Waals surface area contributed by atoms with Gasteiger partial charge >= 0.3 is 0 Å². The Hall–Kier alpha value is -1.35. The van der Waals surface area contributed by atoms with Gasteiger partial charge < -0.3 is 9.47 Å². The Morgan fingerprint density at radius 1 is 1.32 bits per heavy atom. The number of fused-ring (bicyclic) bond motifs is 2. The molecule has 2 bridgehead atoms. The molecule has 2 heterocycles. The first kappa shape index (κ1) is 12.7. The minimum absolute atomic E-state index is 0.128. The second-order valence-corrected chi connectivity index (χ2v) is 5.45. The van der Waals surface area contributed by atoms with Crippen molar-refractivity contribution in [1.82, 2.24) is 0 Å². The van der Waals surface area contributed by atoms with Gasteiger partial charge in [-0.05, 0) is 44.7 Å². The van der Waals surface area contributed by atoms with Crippen molar-refractivity contribution < 1.29 is 14.3 Å². The number of carbonyl (C=O) groups excluding carboxylic acids is 1. The third-order valence-corrected chi connectivity index (χ3v) is 4.09. The van der Waals surface area contributed by atoms with Crippen LogP contribution in [0.5, 0.6) is 5.75 Å². The van der Waals surface area contributed by atoms with Gasteiger partial charge in [0.1, 0.15) is 5.75 Å². The Balaban J connectivity index is 1.74. The van der Waals surface area contributed by atoms with Crippen LogP contribution in [-0.2, 0) is 4.74 Å². The highest BCUT2D eigenvalue weighted by atomic mass is 16.5. The predicted molar refractivity (Wildman–Crippen MR) is 72.6 cm³/mol. The van der Waals surface area contributed by atoms with Gasteiger partial charge in [0.15, 0.2) is 5.78 Å². The fraction of sp³-hybridized carbons (Fsp3) is 0.562. The normalized spacial score (nSPS) is 29.2. The van der Waals surface area contributed by atoms with Gasteiger partial charge in [0.05, 0.1) is 18.8 Å². The third kappa shape index (κ3) is 2.66. The molecular formula is C16H20O3. The van der Waals surface area contributed by atoms with Crippen LogP contribution >= 0.6 is 0 Å². The van der Waals surface area contributed by atoms with Crippen molar-refractivity contribution in [3.05, 3.63) is 29.8 Å². The van der Waals surface area contributed by atoms with Crippen molar-refractivity contribution >= 4 is 5.78 Å². The lowest BCUT2D eigenvalue weighted by molar-refractivity contribution is -0.0149. The molecule has 3 nitrogen and oxygen atoms in total. The lowest BCUT2D eigenvalue weighted by atomic mass is 9.88. The molecule has 2 aliphatic rings. The van der Waals surface area contributed by atoms with Crippen molar-refractivity contribution in [2.45, 2.75) is 44.8 Å². The van der Waals surface area contributed by atoms with E-state index in [2.05, 4.69) is 0 Å². The monoisotopic (exact) mass is 260 g/mol. The van der Waals surface area contributed by atoms with Crippen LogP contribution in [0.15, 0.2) is 24.3 Å². The van der Waals surface area contributed by atoms with Crippen LogP contribution in [-0.4, -0.2) is 24.6 Å². The summed E-state index contributed by atoms with van der Waals surface area (Å²) in [5.74, 6) is 1.16. The largest absolute Gasteiger partial charge is 0.494 e. The van der Waals surface area contributed by atoms with Gasteiger partial charge in [0.25, 0.3) is 0 Å². The van der Waals surface area contributed by atoms with E-state index >= 15 is 0 Å². The maximum Gasteiger partial charge on any atom is 0.166 e. The van der Waals surface area contributed by atoms with E-state index in [1.54, 1.807) is 0 Å². The van der Waals surface area contributed by atoms with E-state index in [-0.39, 0.29) is 11.7 Å². The standard InChI is InChI=1S/C16H20O3/c1-2-18-13-5-3-4-11(8-13)16(17)12-9-14-6-7-15(10-12)19-14/h3-5,8,12,14-15H,2,6-7,9-10H2,1H3.